The zero-order valence-corrected chi connectivity index (χ0v) is 19.5. The van der Waals surface area contributed by atoms with E-state index in [9.17, 15) is 5.11 Å². The standard InChI is InChI=1S/C25H30N2O5S/c1-30-24-11-8-19(12-25(24)32-22-4-2-3-5-22)27(14-23-13-26-17-33-23)18-6-9-21(10-7-18)31-16-20(29)15-28/h6-13,17,20,22,28-29H,2-5,14-16H2,1H3/t20-/m1/s1. The van der Waals surface area contributed by atoms with Crippen molar-refractivity contribution in [3.8, 4) is 17.2 Å². The summed E-state index contributed by atoms with van der Waals surface area (Å²) in [6, 6.07) is 13.7. The van der Waals surface area contributed by atoms with E-state index in [-0.39, 0.29) is 19.3 Å². The summed E-state index contributed by atoms with van der Waals surface area (Å²) < 4.78 is 17.4. The molecule has 0 radical (unpaired) electrons. The van der Waals surface area contributed by atoms with Gasteiger partial charge in [0.1, 0.15) is 18.5 Å². The summed E-state index contributed by atoms with van der Waals surface area (Å²) >= 11 is 1.61. The largest absolute Gasteiger partial charge is 0.493 e. The van der Waals surface area contributed by atoms with E-state index < -0.39 is 6.10 Å². The predicted octanol–water partition coefficient (Wildman–Crippen LogP) is 4.54. The molecule has 1 aliphatic rings. The molecule has 0 aliphatic heterocycles. The highest BCUT2D eigenvalue weighted by molar-refractivity contribution is 7.09. The number of methoxy groups -OCH3 is 1. The van der Waals surface area contributed by atoms with Crippen molar-refractivity contribution < 1.29 is 24.4 Å². The van der Waals surface area contributed by atoms with Crippen LogP contribution in [0.5, 0.6) is 17.2 Å². The van der Waals surface area contributed by atoms with Gasteiger partial charge in [-0.3, -0.25) is 4.98 Å². The van der Waals surface area contributed by atoms with E-state index in [1.54, 1.807) is 18.4 Å². The number of aromatic nitrogens is 1. The highest BCUT2D eigenvalue weighted by Gasteiger charge is 2.20. The van der Waals surface area contributed by atoms with Gasteiger partial charge in [-0.15, -0.1) is 11.3 Å². The van der Waals surface area contributed by atoms with Crippen molar-refractivity contribution in [1.82, 2.24) is 4.98 Å². The van der Waals surface area contributed by atoms with Crippen molar-refractivity contribution in [2.45, 2.75) is 44.4 Å². The minimum atomic E-state index is -0.898. The number of hydrogen-bond acceptors (Lipinski definition) is 8. The maximum Gasteiger partial charge on any atom is 0.163 e. The smallest absolute Gasteiger partial charge is 0.163 e. The fourth-order valence-corrected chi connectivity index (χ4v) is 4.47. The first-order valence-corrected chi connectivity index (χ1v) is 12.1. The van der Waals surface area contributed by atoms with Crippen LogP contribution in [0.1, 0.15) is 30.6 Å². The van der Waals surface area contributed by atoms with Crippen molar-refractivity contribution >= 4 is 22.7 Å². The third-order valence-corrected chi connectivity index (χ3v) is 6.42. The second kappa shape index (κ2) is 11.4. The lowest BCUT2D eigenvalue weighted by Gasteiger charge is -2.26. The molecule has 0 saturated heterocycles. The Morgan fingerprint density at radius 3 is 2.52 bits per heavy atom. The van der Waals surface area contributed by atoms with Crippen molar-refractivity contribution in [2.75, 3.05) is 25.2 Å². The molecule has 1 fully saturated rings. The van der Waals surface area contributed by atoms with Gasteiger partial charge >= 0.3 is 0 Å². The van der Waals surface area contributed by atoms with Crippen molar-refractivity contribution in [3.05, 3.63) is 59.0 Å². The predicted molar refractivity (Wildman–Crippen MR) is 129 cm³/mol. The Kier molecular flexibility index (Phi) is 8.04. The highest BCUT2D eigenvalue weighted by Crippen LogP contribution is 2.38. The topological polar surface area (TPSA) is 84.3 Å². The first-order chi connectivity index (χ1) is 16.2. The molecule has 1 atom stereocenters. The number of benzene rings is 2. The second-order valence-electron chi connectivity index (χ2n) is 8.05. The van der Waals surface area contributed by atoms with Crippen LogP contribution in [0.3, 0.4) is 0 Å². The number of nitrogens with zero attached hydrogens (tertiary/aromatic N) is 2. The molecule has 176 valence electrons. The van der Waals surface area contributed by atoms with Gasteiger partial charge in [0.15, 0.2) is 11.5 Å². The van der Waals surface area contributed by atoms with E-state index in [1.807, 2.05) is 54.2 Å². The number of thiazole rings is 1. The summed E-state index contributed by atoms with van der Waals surface area (Å²) in [7, 11) is 1.66. The zero-order valence-electron chi connectivity index (χ0n) is 18.7. The number of rotatable bonds is 11. The molecule has 3 aromatic rings. The van der Waals surface area contributed by atoms with Gasteiger partial charge in [0.2, 0.25) is 0 Å². The molecular weight excluding hydrogens is 440 g/mol. The molecular formula is C25H30N2O5S. The lowest BCUT2D eigenvalue weighted by Crippen LogP contribution is -2.21. The molecule has 33 heavy (non-hydrogen) atoms. The van der Waals surface area contributed by atoms with Crippen LogP contribution in [0.25, 0.3) is 0 Å². The van der Waals surface area contributed by atoms with Crippen LogP contribution in [0, 0.1) is 0 Å². The molecule has 8 heteroatoms. The molecule has 0 spiro atoms. The van der Waals surface area contributed by atoms with Gasteiger partial charge < -0.3 is 29.3 Å². The number of aliphatic hydroxyl groups is 2. The van der Waals surface area contributed by atoms with Crippen molar-refractivity contribution in [2.24, 2.45) is 0 Å². The number of anilines is 2. The Hall–Kier alpha value is -2.81. The average Bonchev–Trinajstić information content (AvgIpc) is 3.56. The molecule has 2 aromatic carbocycles. The fraction of sp³-hybridized carbons (Fsp3) is 0.400. The molecule has 7 nitrogen and oxygen atoms in total. The van der Waals surface area contributed by atoms with E-state index in [0.29, 0.717) is 12.3 Å². The van der Waals surface area contributed by atoms with Gasteiger partial charge in [0, 0.05) is 28.5 Å². The Morgan fingerprint density at radius 1 is 1.09 bits per heavy atom. The molecule has 1 heterocycles. The molecule has 1 saturated carbocycles. The lowest BCUT2D eigenvalue weighted by molar-refractivity contribution is 0.0536. The summed E-state index contributed by atoms with van der Waals surface area (Å²) in [6.45, 7) is 0.369. The maximum absolute atomic E-state index is 9.52. The summed E-state index contributed by atoms with van der Waals surface area (Å²) in [4.78, 5) is 7.55. The van der Waals surface area contributed by atoms with E-state index in [4.69, 9.17) is 19.3 Å². The summed E-state index contributed by atoms with van der Waals surface area (Å²) in [5.41, 5.74) is 3.80. The molecule has 1 aromatic heterocycles. The van der Waals surface area contributed by atoms with Crippen molar-refractivity contribution in [3.63, 3.8) is 0 Å². The number of hydrogen-bond donors (Lipinski definition) is 2. The summed E-state index contributed by atoms with van der Waals surface area (Å²) in [5, 5.41) is 18.5. The minimum Gasteiger partial charge on any atom is -0.493 e. The Bertz CT molecular complexity index is 991. The number of ether oxygens (including phenoxy) is 3. The number of aliphatic hydroxyl groups excluding tert-OH is 2. The lowest BCUT2D eigenvalue weighted by atomic mass is 10.2. The maximum atomic E-state index is 9.52. The van der Waals surface area contributed by atoms with E-state index in [2.05, 4.69) is 9.88 Å². The second-order valence-corrected chi connectivity index (χ2v) is 9.03. The van der Waals surface area contributed by atoms with Gasteiger partial charge in [-0.2, -0.15) is 0 Å². The first-order valence-electron chi connectivity index (χ1n) is 11.2. The molecule has 4 rings (SSSR count). The van der Waals surface area contributed by atoms with Crippen LogP contribution in [0.2, 0.25) is 0 Å². The van der Waals surface area contributed by atoms with Gasteiger partial charge in [0.05, 0.1) is 31.9 Å². The quantitative estimate of drug-likeness (QED) is 0.425. The normalized spacial score (nSPS) is 14.8. The van der Waals surface area contributed by atoms with Crippen LogP contribution in [-0.2, 0) is 6.54 Å². The monoisotopic (exact) mass is 470 g/mol. The molecule has 0 unspecified atom stereocenters. The highest BCUT2D eigenvalue weighted by atomic mass is 32.1. The Labute approximate surface area is 198 Å². The van der Waals surface area contributed by atoms with Crippen molar-refractivity contribution in [1.29, 1.82) is 0 Å². The fourth-order valence-electron chi connectivity index (χ4n) is 3.89. The molecule has 2 N–H and O–H groups in total. The first kappa shape index (κ1) is 23.4. The van der Waals surface area contributed by atoms with E-state index in [1.165, 1.54) is 12.8 Å². The van der Waals surface area contributed by atoms with Gasteiger partial charge in [0.25, 0.3) is 0 Å². The Balaban J connectivity index is 1.60. The van der Waals surface area contributed by atoms with Gasteiger partial charge in [-0.1, -0.05) is 0 Å². The average molecular weight is 471 g/mol. The summed E-state index contributed by atoms with van der Waals surface area (Å²) in [5.74, 6) is 2.12. The van der Waals surface area contributed by atoms with Crippen LogP contribution in [0.4, 0.5) is 11.4 Å². The van der Waals surface area contributed by atoms with Crippen LogP contribution < -0.4 is 19.1 Å². The minimum absolute atomic E-state index is 0.0424. The van der Waals surface area contributed by atoms with Crippen LogP contribution in [-0.4, -0.2) is 47.7 Å². The zero-order chi connectivity index (χ0) is 23.0. The van der Waals surface area contributed by atoms with Gasteiger partial charge in [-0.25, -0.2) is 0 Å². The third kappa shape index (κ3) is 6.16. The summed E-state index contributed by atoms with van der Waals surface area (Å²) in [6.07, 6.45) is 5.77. The molecule has 1 aliphatic carbocycles. The van der Waals surface area contributed by atoms with E-state index in [0.717, 1.165) is 40.6 Å². The van der Waals surface area contributed by atoms with Crippen LogP contribution >= 0.6 is 11.3 Å². The SMILES string of the molecule is COc1ccc(N(Cc2cncs2)c2ccc(OC[C@H](O)CO)cc2)cc1OC1CCCC1. The van der Waals surface area contributed by atoms with E-state index >= 15 is 0 Å². The van der Waals surface area contributed by atoms with Crippen LogP contribution in [0.15, 0.2) is 54.2 Å². The molecule has 0 amide bonds. The van der Waals surface area contributed by atoms with Gasteiger partial charge in [-0.05, 0) is 62.1 Å². The third-order valence-electron chi connectivity index (χ3n) is 5.65. The Morgan fingerprint density at radius 2 is 1.85 bits per heavy atom. The molecule has 0 bridgehead atoms.